The minimum Gasteiger partial charge on any atom is -0.296 e. The van der Waals surface area contributed by atoms with Crippen LogP contribution in [0, 0.1) is 0 Å². The van der Waals surface area contributed by atoms with Crippen molar-refractivity contribution in [2.24, 2.45) is 0 Å². The van der Waals surface area contributed by atoms with Crippen molar-refractivity contribution in [1.29, 1.82) is 0 Å². The molecule has 0 aliphatic rings. The SMILES string of the molecule is O=P(O)(F)F.[B]. The maximum absolute atomic E-state index is 10.1. The molecule has 0 aliphatic carbocycles. The van der Waals surface area contributed by atoms with Crippen LogP contribution in [0.3, 0.4) is 0 Å². The normalized spacial score (nSPS) is 9.83. The van der Waals surface area contributed by atoms with Gasteiger partial charge in [-0.2, -0.15) is 0 Å². The summed E-state index contributed by atoms with van der Waals surface area (Å²) in [5, 5.41) is 0. The van der Waals surface area contributed by atoms with Crippen LogP contribution in [0.1, 0.15) is 0 Å². The molecule has 0 aliphatic heterocycles. The molecule has 0 atom stereocenters. The Morgan fingerprint density at radius 3 is 1.50 bits per heavy atom. The second-order valence-electron chi connectivity index (χ2n) is 0.435. The summed E-state index contributed by atoms with van der Waals surface area (Å²) in [4.78, 5) is 6.74. The van der Waals surface area contributed by atoms with Crippen LogP contribution in [-0.2, 0) is 4.57 Å². The largest absolute Gasteiger partial charge is 0.549 e. The standard InChI is InChI=1S/B.F2HO2P/c;1-5(2,3)4/h;(H,3,4). The van der Waals surface area contributed by atoms with Gasteiger partial charge in [0, 0.05) is 8.41 Å². The number of hydrogen-bond donors (Lipinski definition) is 1. The summed E-state index contributed by atoms with van der Waals surface area (Å²) in [7, 11) is -5.64. The second-order valence-corrected chi connectivity index (χ2v) is 1.30. The van der Waals surface area contributed by atoms with E-state index in [1.54, 1.807) is 0 Å². The van der Waals surface area contributed by atoms with Crippen molar-refractivity contribution >= 4 is 16.4 Å². The molecule has 0 aromatic heterocycles. The minimum atomic E-state index is -5.64. The topological polar surface area (TPSA) is 37.3 Å². The zero-order valence-electron chi connectivity index (χ0n) is 2.64. The van der Waals surface area contributed by atoms with Gasteiger partial charge in [0.15, 0.2) is 0 Å². The lowest BCUT2D eigenvalue weighted by Gasteiger charge is -1.73. The first-order valence-electron chi connectivity index (χ1n) is 0.721. The molecule has 0 saturated carbocycles. The Balaban J connectivity index is 0. The Morgan fingerprint density at radius 2 is 1.50 bits per heavy atom. The van der Waals surface area contributed by atoms with Crippen molar-refractivity contribution in [3.05, 3.63) is 0 Å². The molecule has 0 aromatic carbocycles. The first-order chi connectivity index (χ1) is 2.00. The summed E-state index contributed by atoms with van der Waals surface area (Å²) in [6.07, 6.45) is 0. The zero-order chi connectivity index (χ0) is 4.50. The third-order valence-corrected chi connectivity index (χ3v) is 0. The van der Waals surface area contributed by atoms with Crippen LogP contribution in [0.15, 0.2) is 0 Å². The van der Waals surface area contributed by atoms with Gasteiger partial charge in [0.25, 0.3) is 0 Å². The van der Waals surface area contributed by atoms with Crippen molar-refractivity contribution in [3.63, 3.8) is 0 Å². The minimum absolute atomic E-state index is 0. The van der Waals surface area contributed by atoms with E-state index < -0.39 is 7.99 Å². The second kappa shape index (κ2) is 2.32. The monoisotopic (exact) mass is 113 g/mol. The third kappa shape index (κ3) is 3020. The number of hydrogen-bond acceptors (Lipinski definition) is 1. The average Bonchev–Trinajstić information content (AvgIpc) is 0.722. The lowest BCUT2D eigenvalue weighted by atomic mass is 10.8. The highest BCUT2D eigenvalue weighted by molar-refractivity contribution is 7.46. The Kier molecular flexibility index (Phi) is 3.65. The van der Waals surface area contributed by atoms with E-state index in [0.29, 0.717) is 0 Å². The lowest BCUT2D eigenvalue weighted by molar-refractivity contribution is 0.376. The molecule has 0 bridgehead atoms. The van der Waals surface area contributed by atoms with Crippen molar-refractivity contribution in [3.8, 4) is 0 Å². The van der Waals surface area contributed by atoms with Crippen LogP contribution >= 0.6 is 7.99 Å². The van der Waals surface area contributed by atoms with Crippen LogP contribution in [0.4, 0.5) is 8.39 Å². The summed E-state index contributed by atoms with van der Waals surface area (Å²) in [5.41, 5.74) is 0. The first kappa shape index (κ1) is 9.45. The smallest absolute Gasteiger partial charge is 0.296 e. The van der Waals surface area contributed by atoms with Crippen molar-refractivity contribution < 1.29 is 17.9 Å². The molecular formula is HBF2O2P. The fourth-order valence-corrected chi connectivity index (χ4v) is 0. The summed E-state index contributed by atoms with van der Waals surface area (Å²) < 4.78 is 28.7. The predicted octanol–water partition coefficient (Wildman–Crippen LogP) is 0.645. The van der Waals surface area contributed by atoms with E-state index in [2.05, 4.69) is 0 Å². The molecule has 0 heterocycles. The molecule has 0 fully saturated rings. The van der Waals surface area contributed by atoms with Gasteiger partial charge in [-0.15, -0.1) is 8.39 Å². The molecule has 0 unspecified atom stereocenters. The molecule has 6 heteroatoms. The van der Waals surface area contributed by atoms with Gasteiger partial charge >= 0.3 is 7.99 Å². The van der Waals surface area contributed by atoms with Crippen LogP contribution in [-0.4, -0.2) is 13.3 Å². The number of rotatable bonds is 0. The van der Waals surface area contributed by atoms with E-state index >= 15 is 0 Å². The van der Waals surface area contributed by atoms with Gasteiger partial charge in [-0.3, -0.25) is 4.89 Å². The highest BCUT2D eigenvalue weighted by Crippen LogP contribution is 2.43. The van der Waals surface area contributed by atoms with Gasteiger partial charge in [-0.1, -0.05) is 0 Å². The van der Waals surface area contributed by atoms with Crippen molar-refractivity contribution in [2.45, 2.75) is 0 Å². The molecule has 3 radical (unpaired) electrons. The average molecular weight is 113 g/mol. The lowest BCUT2D eigenvalue weighted by Crippen LogP contribution is -1.45. The molecule has 0 spiro atoms. The van der Waals surface area contributed by atoms with E-state index in [9.17, 15) is 8.39 Å². The summed E-state index contributed by atoms with van der Waals surface area (Å²) >= 11 is 0. The maximum Gasteiger partial charge on any atom is 0.549 e. The molecule has 0 aromatic rings. The molecule has 0 amide bonds. The van der Waals surface area contributed by atoms with Crippen LogP contribution in [0.5, 0.6) is 0 Å². The molecule has 0 rings (SSSR count). The van der Waals surface area contributed by atoms with Gasteiger partial charge in [-0.05, 0) is 0 Å². The highest BCUT2D eigenvalue weighted by atomic mass is 31.2. The summed E-state index contributed by atoms with van der Waals surface area (Å²) in [6.45, 7) is 0. The molecule has 6 heavy (non-hydrogen) atoms. The Morgan fingerprint density at radius 1 is 1.50 bits per heavy atom. The van der Waals surface area contributed by atoms with Crippen LogP contribution < -0.4 is 0 Å². The van der Waals surface area contributed by atoms with Gasteiger partial charge in [0.2, 0.25) is 0 Å². The highest BCUT2D eigenvalue weighted by Gasteiger charge is 2.09. The Labute approximate surface area is 35.4 Å². The van der Waals surface area contributed by atoms with Gasteiger partial charge in [0.1, 0.15) is 0 Å². The molecule has 0 saturated heterocycles. The van der Waals surface area contributed by atoms with E-state index in [-0.39, 0.29) is 8.41 Å². The van der Waals surface area contributed by atoms with E-state index in [0.717, 1.165) is 0 Å². The van der Waals surface area contributed by atoms with Gasteiger partial charge in [0.05, 0.1) is 0 Å². The van der Waals surface area contributed by atoms with Gasteiger partial charge < -0.3 is 0 Å². The molecule has 2 nitrogen and oxygen atoms in total. The predicted molar refractivity (Wildman–Crippen MR) is 17.8 cm³/mol. The molecule has 1 N–H and O–H groups in total. The van der Waals surface area contributed by atoms with E-state index in [1.807, 2.05) is 0 Å². The fraction of sp³-hybridized carbons (Fsp3) is 0. The Hall–Kier alpha value is 0.115. The van der Waals surface area contributed by atoms with E-state index in [1.165, 1.54) is 0 Å². The van der Waals surface area contributed by atoms with Crippen molar-refractivity contribution in [2.75, 3.05) is 0 Å². The quantitative estimate of drug-likeness (QED) is 0.369. The maximum atomic E-state index is 10.1. The zero-order valence-corrected chi connectivity index (χ0v) is 3.53. The Bertz CT molecular complexity index is 57.7. The van der Waals surface area contributed by atoms with Gasteiger partial charge in [-0.25, -0.2) is 4.57 Å². The van der Waals surface area contributed by atoms with Crippen LogP contribution in [0.2, 0.25) is 0 Å². The first-order valence-corrected chi connectivity index (χ1v) is 2.16. The van der Waals surface area contributed by atoms with Crippen LogP contribution in [0.25, 0.3) is 0 Å². The van der Waals surface area contributed by atoms with Crippen molar-refractivity contribution in [1.82, 2.24) is 0 Å². The number of halogens is 2. The molecular weight excluding hydrogens is 112 g/mol. The summed E-state index contributed by atoms with van der Waals surface area (Å²) in [5.74, 6) is 0. The van der Waals surface area contributed by atoms with E-state index in [4.69, 9.17) is 9.46 Å². The fourth-order valence-electron chi connectivity index (χ4n) is 0. The third-order valence-electron chi connectivity index (χ3n) is 0. The molecule has 35 valence electrons. The summed E-state index contributed by atoms with van der Waals surface area (Å²) in [6, 6.07) is 0.